The van der Waals surface area contributed by atoms with Gasteiger partial charge in [-0.05, 0) is 30.7 Å². The Morgan fingerprint density at radius 1 is 1.56 bits per heavy atom. The van der Waals surface area contributed by atoms with Crippen LogP contribution in [0.1, 0.15) is 6.92 Å². The van der Waals surface area contributed by atoms with Crippen molar-refractivity contribution < 1.29 is 4.74 Å². The van der Waals surface area contributed by atoms with E-state index in [0.29, 0.717) is 23.2 Å². The maximum Gasteiger partial charge on any atom is 0.262 e. The lowest BCUT2D eigenvalue weighted by atomic mass is 10.2. The fourth-order valence-electron chi connectivity index (χ4n) is 1.80. The third-order valence-corrected chi connectivity index (χ3v) is 2.88. The molecule has 0 radical (unpaired) electrons. The molecule has 0 saturated carbocycles. The molecule has 6 heteroatoms. The fraction of sp³-hybridized carbons (Fsp3) is 0.333. The van der Waals surface area contributed by atoms with E-state index in [9.17, 15) is 4.79 Å². The highest BCUT2D eigenvalue weighted by atomic mass is 35.5. The number of fused-ring (bicyclic) bond motifs is 1. The van der Waals surface area contributed by atoms with E-state index >= 15 is 0 Å². The second kappa shape index (κ2) is 4.96. The molecule has 0 bridgehead atoms. The van der Waals surface area contributed by atoms with Crippen molar-refractivity contribution >= 4 is 22.5 Å². The van der Waals surface area contributed by atoms with Crippen LogP contribution in [0.3, 0.4) is 0 Å². The quantitative estimate of drug-likeness (QED) is 0.854. The Kier molecular flexibility index (Phi) is 3.54. The van der Waals surface area contributed by atoms with Crippen LogP contribution in [0.2, 0.25) is 5.28 Å². The summed E-state index contributed by atoms with van der Waals surface area (Å²) < 4.78 is 6.53. The van der Waals surface area contributed by atoms with Crippen LogP contribution in [0.5, 0.6) is 5.75 Å². The van der Waals surface area contributed by atoms with Gasteiger partial charge in [0.05, 0.1) is 12.5 Å². The molecule has 2 N–H and O–H groups in total. The average Bonchev–Trinajstić information content (AvgIpc) is 2.33. The molecule has 0 fully saturated rings. The zero-order valence-electron chi connectivity index (χ0n) is 10.2. The number of nitrogens with two attached hydrogens (primary N) is 1. The van der Waals surface area contributed by atoms with E-state index in [4.69, 9.17) is 22.1 Å². The Labute approximate surface area is 109 Å². The summed E-state index contributed by atoms with van der Waals surface area (Å²) >= 11 is 6.02. The molecule has 96 valence electrons. The van der Waals surface area contributed by atoms with E-state index < -0.39 is 0 Å². The summed E-state index contributed by atoms with van der Waals surface area (Å²) in [5, 5.41) is 0.591. The molecule has 0 aliphatic carbocycles. The molecule has 1 unspecified atom stereocenters. The van der Waals surface area contributed by atoms with Gasteiger partial charge in [-0.25, -0.2) is 4.98 Å². The van der Waals surface area contributed by atoms with Crippen LogP contribution in [0, 0.1) is 0 Å². The Morgan fingerprint density at radius 2 is 2.28 bits per heavy atom. The number of rotatable bonds is 3. The molecule has 2 aromatic rings. The van der Waals surface area contributed by atoms with Gasteiger partial charge in [-0.1, -0.05) is 6.07 Å². The van der Waals surface area contributed by atoms with Gasteiger partial charge in [0.2, 0.25) is 5.28 Å². The molecule has 1 atom stereocenters. The normalized spacial score (nSPS) is 12.7. The number of para-hydroxylation sites is 1. The van der Waals surface area contributed by atoms with Crippen molar-refractivity contribution in [1.29, 1.82) is 0 Å². The summed E-state index contributed by atoms with van der Waals surface area (Å²) in [7, 11) is 1.53. The van der Waals surface area contributed by atoms with Crippen molar-refractivity contribution in [3.63, 3.8) is 0 Å². The highest BCUT2D eigenvalue weighted by Crippen LogP contribution is 2.22. The number of halogens is 1. The molecule has 1 heterocycles. The minimum atomic E-state index is -0.207. The monoisotopic (exact) mass is 267 g/mol. The molecule has 5 nitrogen and oxygen atoms in total. The van der Waals surface area contributed by atoms with Gasteiger partial charge in [0.25, 0.3) is 5.56 Å². The predicted octanol–water partition coefficient (Wildman–Crippen LogP) is 1.41. The van der Waals surface area contributed by atoms with Crippen LogP contribution < -0.4 is 16.0 Å². The largest absolute Gasteiger partial charge is 0.494 e. The van der Waals surface area contributed by atoms with Crippen LogP contribution in [-0.2, 0) is 6.54 Å². The van der Waals surface area contributed by atoms with Gasteiger partial charge in [0.1, 0.15) is 11.3 Å². The molecular formula is C12H14ClN3O2. The summed E-state index contributed by atoms with van der Waals surface area (Å²) in [4.78, 5) is 16.5. The van der Waals surface area contributed by atoms with Crippen molar-refractivity contribution in [2.75, 3.05) is 7.11 Å². The molecule has 0 aliphatic rings. The predicted molar refractivity (Wildman–Crippen MR) is 71.2 cm³/mol. The fourth-order valence-corrected chi connectivity index (χ4v) is 2.03. The van der Waals surface area contributed by atoms with Gasteiger partial charge in [-0.2, -0.15) is 0 Å². The standard InChI is InChI=1S/C12H14ClN3O2/c1-7(14)6-16-11(17)8-4-3-5-9(18-2)10(8)15-12(16)13/h3-5,7H,6,14H2,1-2H3. The zero-order valence-corrected chi connectivity index (χ0v) is 10.9. The van der Waals surface area contributed by atoms with Gasteiger partial charge in [0.15, 0.2) is 0 Å². The minimum Gasteiger partial charge on any atom is -0.494 e. The molecule has 0 aliphatic heterocycles. The number of hydrogen-bond donors (Lipinski definition) is 1. The first-order valence-electron chi connectivity index (χ1n) is 5.53. The molecule has 0 amide bonds. The van der Waals surface area contributed by atoms with Crippen molar-refractivity contribution in [3.05, 3.63) is 33.8 Å². The Balaban J connectivity index is 2.75. The van der Waals surface area contributed by atoms with Crippen molar-refractivity contribution in [2.24, 2.45) is 5.73 Å². The smallest absolute Gasteiger partial charge is 0.262 e. The lowest BCUT2D eigenvalue weighted by molar-refractivity contribution is 0.418. The third-order valence-electron chi connectivity index (χ3n) is 2.59. The molecular weight excluding hydrogens is 254 g/mol. The number of ether oxygens (including phenoxy) is 1. The number of methoxy groups -OCH3 is 1. The Hall–Kier alpha value is -1.59. The SMILES string of the molecule is COc1cccc2c(=O)n(CC(C)N)c(Cl)nc12. The summed E-state index contributed by atoms with van der Waals surface area (Å²) in [6.45, 7) is 2.14. The highest BCUT2D eigenvalue weighted by Gasteiger charge is 2.13. The van der Waals surface area contributed by atoms with Gasteiger partial charge in [-0.3, -0.25) is 9.36 Å². The van der Waals surface area contributed by atoms with E-state index in [1.165, 1.54) is 11.7 Å². The van der Waals surface area contributed by atoms with Crippen LogP contribution in [0.4, 0.5) is 0 Å². The summed E-state index contributed by atoms with van der Waals surface area (Å²) in [6, 6.07) is 5.00. The number of benzene rings is 1. The lowest BCUT2D eigenvalue weighted by Crippen LogP contribution is -2.31. The van der Waals surface area contributed by atoms with E-state index in [2.05, 4.69) is 4.98 Å². The van der Waals surface area contributed by atoms with Gasteiger partial charge >= 0.3 is 0 Å². The molecule has 0 spiro atoms. The first kappa shape index (κ1) is 12.9. The average molecular weight is 268 g/mol. The number of nitrogens with zero attached hydrogens (tertiary/aromatic N) is 2. The molecule has 1 aromatic carbocycles. The van der Waals surface area contributed by atoms with E-state index in [0.717, 1.165) is 0 Å². The van der Waals surface area contributed by atoms with Crippen molar-refractivity contribution in [1.82, 2.24) is 9.55 Å². The number of aromatic nitrogens is 2. The van der Waals surface area contributed by atoms with Gasteiger partial charge in [-0.15, -0.1) is 0 Å². The number of hydrogen-bond acceptors (Lipinski definition) is 4. The first-order valence-corrected chi connectivity index (χ1v) is 5.91. The Bertz CT molecular complexity index is 637. The molecule has 18 heavy (non-hydrogen) atoms. The topological polar surface area (TPSA) is 70.1 Å². The molecule has 0 saturated heterocycles. The van der Waals surface area contributed by atoms with Crippen molar-refractivity contribution in [3.8, 4) is 5.75 Å². The summed E-state index contributed by atoms with van der Waals surface area (Å²) in [5.74, 6) is 0.527. The van der Waals surface area contributed by atoms with E-state index in [-0.39, 0.29) is 16.9 Å². The van der Waals surface area contributed by atoms with Crippen LogP contribution in [-0.4, -0.2) is 22.7 Å². The van der Waals surface area contributed by atoms with Crippen LogP contribution in [0.25, 0.3) is 10.9 Å². The first-order chi connectivity index (χ1) is 8.54. The Morgan fingerprint density at radius 3 is 2.89 bits per heavy atom. The summed E-state index contributed by atoms with van der Waals surface area (Å²) in [6.07, 6.45) is 0. The summed E-state index contributed by atoms with van der Waals surface area (Å²) in [5.41, 5.74) is 5.95. The second-order valence-electron chi connectivity index (χ2n) is 4.13. The van der Waals surface area contributed by atoms with Crippen LogP contribution >= 0.6 is 11.6 Å². The van der Waals surface area contributed by atoms with Gasteiger partial charge in [0, 0.05) is 12.6 Å². The molecule has 2 rings (SSSR count). The maximum atomic E-state index is 12.3. The van der Waals surface area contributed by atoms with Crippen LogP contribution in [0.15, 0.2) is 23.0 Å². The van der Waals surface area contributed by atoms with E-state index in [1.54, 1.807) is 25.1 Å². The third kappa shape index (κ3) is 2.19. The maximum absolute atomic E-state index is 12.3. The second-order valence-corrected chi connectivity index (χ2v) is 4.47. The molecule has 1 aromatic heterocycles. The minimum absolute atomic E-state index is 0.120. The highest BCUT2D eigenvalue weighted by molar-refractivity contribution is 6.28. The zero-order chi connectivity index (χ0) is 13.3. The van der Waals surface area contributed by atoms with Crippen molar-refractivity contribution in [2.45, 2.75) is 19.5 Å². The van der Waals surface area contributed by atoms with E-state index in [1.807, 2.05) is 0 Å². The lowest BCUT2D eigenvalue weighted by Gasteiger charge is -2.12. The van der Waals surface area contributed by atoms with Gasteiger partial charge < -0.3 is 10.5 Å².